The second-order valence-corrected chi connectivity index (χ2v) is 10.2. The van der Waals surface area contributed by atoms with Crippen molar-refractivity contribution in [2.75, 3.05) is 19.0 Å². The normalized spacial score (nSPS) is 19.5. The largest absolute Gasteiger partial charge is 0.377 e. The van der Waals surface area contributed by atoms with Crippen LogP contribution in [0, 0.1) is 16.2 Å². The van der Waals surface area contributed by atoms with E-state index in [0.717, 1.165) is 12.8 Å². The van der Waals surface area contributed by atoms with E-state index in [2.05, 4.69) is 41.5 Å². The van der Waals surface area contributed by atoms with E-state index >= 15 is 0 Å². The zero-order valence-electron chi connectivity index (χ0n) is 13.8. The highest BCUT2D eigenvalue weighted by Gasteiger charge is 2.53. The Morgan fingerprint density at radius 1 is 1.10 bits per heavy atom. The van der Waals surface area contributed by atoms with Gasteiger partial charge in [0.15, 0.2) is 9.84 Å². The molecule has 4 heteroatoms. The van der Waals surface area contributed by atoms with Crippen molar-refractivity contribution in [3.05, 3.63) is 11.5 Å². The molecule has 0 amide bonds. The van der Waals surface area contributed by atoms with Crippen molar-refractivity contribution in [1.82, 2.24) is 0 Å². The summed E-state index contributed by atoms with van der Waals surface area (Å²) >= 11 is 0. The van der Waals surface area contributed by atoms with Crippen LogP contribution in [0.1, 0.15) is 54.4 Å². The Hall–Kier alpha value is -0.350. The summed E-state index contributed by atoms with van der Waals surface area (Å²) in [6, 6.07) is 0. The average molecular weight is 302 g/mol. The second kappa shape index (κ2) is 5.80. The molecule has 0 N–H and O–H groups in total. The third kappa shape index (κ3) is 5.57. The van der Waals surface area contributed by atoms with E-state index < -0.39 is 9.84 Å². The van der Waals surface area contributed by atoms with Crippen molar-refractivity contribution in [2.45, 2.75) is 54.4 Å². The van der Waals surface area contributed by atoms with Gasteiger partial charge in [0.1, 0.15) is 0 Å². The Morgan fingerprint density at radius 2 is 1.65 bits per heavy atom. The molecule has 0 aromatic carbocycles. The molecule has 1 rings (SSSR count). The minimum atomic E-state index is -3.14. The first kappa shape index (κ1) is 17.7. The van der Waals surface area contributed by atoms with Gasteiger partial charge in [-0.2, -0.15) is 0 Å². The molecule has 0 aromatic heterocycles. The first-order valence-electron chi connectivity index (χ1n) is 7.34. The van der Waals surface area contributed by atoms with Crippen LogP contribution in [0.3, 0.4) is 0 Å². The quantitative estimate of drug-likeness (QED) is 0.701. The number of rotatable bonds is 6. The molecule has 118 valence electrons. The van der Waals surface area contributed by atoms with E-state index in [1.165, 1.54) is 5.41 Å². The molecule has 0 radical (unpaired) electrons. The fourth-order valence-electron chi connectivity index (χ4n) is 2.31. The van der Waals surface area contributed by atoms with Crippen molar-refractivity contribution in [1.29, 1.82) is 0 Å². The van der Waals surface area contributed by atoms with Crippen LogP contribution in [0.4, 0.5) is 0 Å². The maximum atomic E-state index is 12.2. The van der Waals surface area contributed by atoms with Gasteiger partial charge in [0.05, 0.1) is 19.0 Å². The van der Waals surface area contributed by atoms with E-state index in [-0.39, 0.29) is 22.0 Å². The lowest BCUT2D eigenvalue weighted by Gasteiger charge is -2.30. The second-order valence-electron chi connectivity index (χ2n) is 8.29. The van der Waals surface area contributed by atoms with E-state index in [1.54, 1.807) is 6.08 Å². The third-order valence-corrected chi connectivity index (χ3v) is 5.54. The number of hydrogen-bond acceptors (Lipinski definition) is 3. The molecule has 0 saturated heterocycles. The van der Waals surface area contributed by atoms with Crippen molar-refractivity contribution >= 4 is 9.84 Å². The van der Waals surface area contributed by atoms with E-state index in [0.29, 0.717) is 13.2 Å². The summed E-state index contributed by atoms with van der Waals surface area (Å²) in [7, 11) is -3.14. The Balaban J connectivity index is 2.47. The summed E-state index contributed by atoms with van der Waals surface area (Å²) in [6.07, 6.45) is 3.66. The highest BCUT2D eigenvalue weighted by molar-refractivity contribution is 7.94. The molecule has 0 bridgehead atoms. The summed E-state index contributed by atoms with van der Waals surface area (Å²) in [5.41, 5.74) is 0.135. The lowest BCUT2D eigenvalue weighted by Crippen LogP contribution is -2.29. The molecule has 0 unspecified atom stereocenters. The Kier molecular flexibility index (Phi) is 5.13. The van der Waals surface area contributed by atoms with Gasteiger partial charge >= 0.3 is 0 Å². The van der Waals surface area contributed by atoms with Gasteiger partial charge in [-0.3, -0.25) is 0 Å². The van der Waals surface area contributed by atoms with Gasteiger partial charge < -0.3 is 4.74 Å². The van der Waals surface area contributed by atoms with E-state index in [9.17, 15) is 8.42 Å². The Morgan fingerprint density at radius 3 is 2.05 bits per heavy atom. The Bertz CT molecular complexity index is 443. The summed E-state index contributed by atoms with van der Waals surface area (Å²) < 4.78 is 29.8. The van der Waals surface area contributed by atoms with Crippen LogP contribution < -0.4 is 0 Å². The topological polar surface area (TPSA) is 43.4 Å². The number of hydrogen-bond donors (Lipinski definition) is 0. The fraction of sp³-hybridized carbons (Fsp3) is 0.875. The first-order chi connectivity index (χ1) is 8.87. The minimum absolute atomic E-state index is 0.0254. The third-order valence-electron chi connectivity index (χ3n) is 3.97. The molecule has 0 heterocycles. The fourth-order valence-corrected chi connectivity index (χ4v) is 4.27. The SMILES string of the molecule is CC(C)(C)COC/C=C/S(=O)(=O)CC1(C(C)(C)C)CC1. The van der Waals surface area contributed by atoms with E-state index in [4.69, 9.17) is 4.74 Å². The molecule has 1 fully saturated rings. The van der Waals surface area contributed by atoms with Crippen LogP contribution in [-0.4, -0.2) is 27.4 Å². The zero-order chi connectivity index (χ0) is 15.7. The highest BCUT2D eigenvalue weighted by Crippen LogP contribution is 2.59. The van der Waals surface area contributed by atoms with Crippen LogP contribution in [0.25, 0.3) is 0 Å². The van der Waals surface area contributed by atoms with Gasteiger partial charge in [0.25, 0.3) is 0 Å². The maximum absolute atomic E-state index is 12.2. The van der Waals surface area contributed by atoms with Gasteiger partial charge in [-0.15, -0.1) is 0 Å². The lowest BCUT2D eigenvalue weighted by atomic mass is 9.79. The molecule has 1 aliphatic carbocycles. The number of sulfone groups is 1. The van der Waals surface area contributed by atoms with Crippen molar-refractivity contribution in [2.24, 2.45) is 16.2 Å². The highest BCUT2D eigenvalue weighted by atomic mass is 32.2. The van der Waals surface area contributed by atoms with Crippen LogP contribution in [0.2, 0.25) is 0 Å². The van der Waals surface area contributed by atoms with Crippen molar-refractivity contribution in [3.63, 3.8) is 0 Å². The zero-order valence-corrected chi connectivity index (χ0v) is 14.6. The van der Waals surface area contributed by atoms with Gasteiger partial charge in [-0.25, -0.2) is 8.42 Å². The minimum Gasteiger partial charge on any atom is -0.377 e. The van der Waals surface area contributed by atoms with Crippen LogP contribution in [0.5, 0.6) is 0 Å². The molecular weight excluding hydrogens is 272 g/mol. The monoisotopic (exact) mass is 302 g/mol. The Labute approximate surface area is 124 Å². The average Bonchev–Trinajstić information content (AvgIpc) is 2.94. The molecule has 3 nitrogen and oxygen atoms in total. The van der Waals surface area contributed by atoms with Gasteiger partial charge in [0, 0.05) is 5.41 Å². The number of ether oxygens (including phenoxy) is 1. The molecule has 0 spiro atoms. The smallest absolute Gasteiger partial charge is 0.171 e. The van der Waals surface area contributed by atoms with Crippen molar-refractivity contribution in [3.8, 4) is 0 Å². The predicted molar refractivity (Wildman–Crippen MR) is 84.3 cm³/mol. The predicted octanol–water partition coefficient (Wildman–Crippen LogP) is 3.80. The molecule has 0 aromatic rings. The maximum Gasteiger partial charge on any atom is 0.171 e. The molecular formula is C16H30O3S. The van der Waals surface area contributed by atoms with Gasteiger partial charge in [0.2, 0.25) is 0 Å². The van der Waals surface area contributed by atoms with Crippen LogP contribution in [-0.2, 0) is 14.6 Å². The van der Waals surface area contributed by atoms with Crippen LogP contribution >= 0.6 is 0 Å². The van der Waals surface area contributed by atoms with Crippen LogP contribution in [0.15, 0.2) is 11.5 Å². The summed E-state index contributed by atoms with van der Waals surface area (Å²) in [6.45, 7) is 13.7. The van der Waals surface area contributed by atoms with E-state index in [1.807, 2.05) is 0 Å². The molecule has 1 aliphatic rings. The van der Waals surface area contributed by atoms with Gasteiger partial charge in [-0.05, 0) is 35.2 Å². The van der Waals surface area contributed by atoms with Crippen molar-refractivity contribution < 1.29 is 13.2 Å². The molecule has 20 heavy (non-hydrogen) atoms. The summed E-state index contributed by atoms with van der Waals surface area (Å²) in [5, 5.41) is 1.33. The standard InChI is InChI=1S/C16H30O3S/c1-14(2,3)12-19-10-7-11-20(17,18)13-16(8-9-16)15(4,5)6/h7,11H,8-10,12-13H2,1-6H3/b11-7+. The summed E-state index contributed by atoms with van der Waals surface area (Å²) in [4.78, 5) is 0. The lowest BCUT2D eigenvalue weighted by molar-refractivity contribution is 0.0910. The molecule has 0 aliphatic heterocycles. The van der Waals surface area contributed by atoms with Gasteiger partial charge in [-0.1, -0.05) is 41.5 Å². The first-order valence-corrected chi connectivity index (χ1v) is 9.06. The molecule has 0 atom stereocenters. The molecule has 1 saturated carbocycles. The summed E-state index contributed by atoms with van der Waals surface area (Å²) in [5.74, 6) is 0.263.